The second kappa shape index (κ2) is 15.5. The third-order valence-electron chi connectivity index (χ3n) is 9.01. The number of hydrogen-bond acceptors (Lipinski definition) is 9. The number of piperidine rings is 1. The summed E-state index contributed by atoms with van der Waals surface area (Å²) in [4.78, 5) is 62.0. The fourth-order valence-corrected chi connectivity index (χ4v) is 7.20. The summed E-state index contributed by atoms with van der Waals surface area (Å²) in [5.74, 6) is -0.998. The van der Waals surface area contributed by atoms with Gasteiger partial charge in [-0.3, -0.25) is 24.1 Å². The number of amides is 3. The molecule has 3 amide bonds. The van der Waals surface area contributed by atoms with Crippen molar-refractivity contribution in [2.75, 3.05) is 26.2 Å². The van der Waals surface area contributed by atoms with Crippen LogP contribution < -0.4 is 10.6 Å². The topological polar surface area (TPSA) is 141 Å². The highest BCUT2D eigenvalue weighted by Crippen LogP contribution is 2.30. The first kappa shape index (κ1) is 37.5. The number of rotatable bonds is 10. The van der Waals surface area contributed by atoms with Crippen LogP contribution in [-0.4, -0.2) is 93.5 Å². The lowest BCUT2D eigenvalue weighted by molar-refractivity contribution is -0.156. The summed E-state index contributed by atoms with van der Waals surface area (Å²) < 4.78 is 5.46. The van der Waals surface area contributed by atoms with Crippen molar-refractivity contribution < 1.29 is 29.0 Å². The number of aromatic nitrogens is 1. The van der Waals surface area contributed by atoms with Crippen LogP contribution in [0.2, 0.25) is 0 Å². The van der Waals surface area contributed by atoms with Crippen LogP contribution in [0.4, 0.5) is 0 Å². The fourth-order valence-electron chi connectivity index (χ4n) is 6.39. The molecule has 12 heteroatoms. The zero-order valence-corrected chi connectivity index (χ0v) is 30.5. The van der Waals surface area contributed by atoms with Gasteiger partial charge in [0.15, 0.2) is 0 Å². The van der Waals surface area contributed by atoms with Crippen LogP contribution in [0.5, 0.6) is 0 Å². The van der Waals surface area contributed by atoms with E-state index in [1.807, 2.05) is 90.1 Å². The second-order valence-corrected chi connectivity index (χ2v) is 16.2. The van der Waals surface area contributed by atoms with Crippen molar-refractivity contribution in [1.29, 1.82) is 0 Å². The fraction of sp³-hybridized carbons (Fsp3) is 0.639. The minimum Gasteiger partial charge on any atom is -0.460 e. The largest absolute Gasteiger partial charge is 0.460 e. The molecule has 0 bridgehead atoms. The molecule has 0 aliphatic carbocycles. The van der Waals surface area contributed by atoms with Gasteiger partial charge < -0.3 is 25.4 Å². The predicted molar refractivity (Wildman–Crippen MR) is 186 cm³/mol. The molecule has 3 N–H and O–H groups in total. The molecular weight excluding hydrogens is 630 g/mol. The van der Waals surface area contributed by atoms with Gasteiger partial charge in [0, 0.05) is 19.4 Å². The maximum absolute atomic E-state index is 14.0. The number of esters is 1. The molecule has 0 radical (unpaired) electrons. The van der Waals surface area contributed by atoms with Crippen molar-refractivity contribution >= 4 is 35.0 Å². The molecule has 2 saturated heterocycles. The summed E-state index contributed by atoms with van der Waals surface area (Å²) in [6.07, 6.45) is 1.21. The van der Waals surface area contributed by atoms with Gasteiger partial charge >= 0.3 is 5.97 Å². The normalized spacial score (nSPS) is 20.6. The maximum Gasteiger partial charge on any atom is 0.306 e. The number of aryl methyl sites for hydroxylation is 1. The Morgan fingerprint density at radius 3 is 2.25 bits per heavy atom. The Balaban J connectivity index is 1.34. The molecule has 0 unspecified atom stereocenters. The highest BCUT2D eigenvalue weighted by Gasteiger charge is 2.45. The highest BCUT2D eigenvalue weighted by atomic mass is 32.1. The van der Waals surface area contributed by atoms with Crippen molar-refractivity contribution in [1.82, 2.24) is 25.4 Å². The van der Waals surface area contributed by atoms with E-state index < -0.39 is 29.2 Å². The first-order valence-electron chi connectivity index (χ1n) is 16.9. The number of aliphatic hydroxyl groups is 1. The van der Waals surface area contributed by atoms with Crippen molar-refractivity contribution in [3.63, 3.8) is 0 Å². The quantitative estimate of drug-likeness (QED) is 0.316. The zero-order valence-electron chi connectivity index (χ0n) is 29.7. The number of nitrogens with zero attached hydrogens (tertiary/aromatic N) is 3. The van der Waals surface area contributed by atoms with Crippen molar-refractivity contribution in [3.8, 4) is 10.4 Å². The van der Waals surface area contributed by atoms with E-state index in [0.717, 1.165) is 34.5 Å². The molecule has 1 aromatic carbocycles. The molecule has 3 heterocycles. The van der Waals surface area contributed by atoms with Crippen molar-refractivity contribution in [2.24, 2.45) is 11.3 Å². The van der Waals surface area contributed by atoms with Gasteiger partial charge in [0.25, 0.3) is 0 Å². The Morgan fingerprint density at radius 1 is 1.04 bits per heavy atom. The first-order valence-corrected chi connectivity index (χ1v) is 17.8. The van der Waals surface area contributed by atoms with Gasteiger partial charge in [-0.15, -0.1) is 11.3 Å². The summed E-state index contributed by atoms with van der Waals surface area (Å²) in [7, 11) is 0. The molecule has 4 atom stereocenters. The molecule has 2 fully saturated rings. The average molecular weight is 684 g/mol. The molecule has 2 aliphatic rings. The zero-order chi connectivity index (χ0) is 35.4. The summed E-state index contributed by atoms with van der Waals surface area (Å²) >= 11 is 1.58. The predicted octanol–water partition coefficient (Wildman–Crippen LogP) is 4.23. The summed E-state index contributed by atoms with van der Waals surface area (Å²) in [6, 6.07) is 5.89. The molecule has 0 spiro atoms. The number of benzene rings is 1. The Kier molecular flexibility index (Phi) is 12.1. The smallest absolute Gasteiger partial charge is 0.306 e. The third kappa shape index (κ3) is 10.1. The van der Waals surface area contributed by atoms with E-state index >= 15 is 0 Å². The number of aliphatic hydroxyl groups excluding tert-OH is 1. The molecule has 1 aromatic heterocycles. The number of nitrogens with one attached hydrogen (secondary N) is 2. The van der Waals surface area contributed by atoms with Crippen molar-refractivity contribution in [3.05, 3.63) is 41.0 Å². The summed E-state index contributed by atoms with van der Waals surface area (Å²) in [6.45, 7) is 16.5. The minimum atomic E-state index is -0.893. The number of β-amino-alcohol motifs (C(OH)–C–C–N with tert-alkyl or cyclic N) is 1. The molecule has 264 valence electrons. The van der Waals surface area contributed by atoms with E-state index in [9.17, 15) is 24.3 Å². The van der Waals surface area contributed by atoms with E-state index in [-0.39, 0.29) is 55.2 Å². The molecule has 11 nitrogen and oxygen atoms in total. The Labute approximate surface area is 288 Å². The molecule has 4 rings (SSSR count). The summed E-state index contributed by atoms with van der Waals surface area (Å²) in [5, 5.41) is 16.6. The molecule has 48 heavy (non-hydrogen) atoms. The van der Waals surface area contributed by atoms with Crippen molar-refractivity contribution in [2.45, 2.75) is 111 Å². The number of thiazole rings is 1. The van der Waals surface area contributed by atoms with Crippen LogP contribution in [0.15, 0.2) is 29.8 Å². The molecule has 2 aromatic rings. The van der Waals surface area contributed by atoms with E-state index in [1.54, 1.807) is 11.3 Å². The van der Waals surface area contributed by atoms with E-state index in [0.29, 0.717) is 19.5 Å². The Hall–Kier alpha value is -3.35. The van der Waals surface area contributed by atoms with Gasteiger partial charge in [-0.25, -0.2) is 4.98 Å². The van der Waals surface area contributed by atoms with Crippen LogP contribution >= 0.6 is 11.3 Å². The van der Waals surface area contributed by atoms with Gasteiger partial charge in [-0.2, -0.15) is 0 Å². The third-order valence-corrected chi connectivity index (χ3v) is 9.99. The standard InChI is InChI=1S/C36H53N5O6S/c1-22(25-9-11-26(12-10-25)31-23(2)37-21-48-31)38-33(45)28-18-27(42)19-41(28)34(46)32(35(3,4)5)39-29(43)20-40-15-13-24(14-16-40)17-30(44)47-36(6,7)8/h9-12,21-22,24,27-28,32,42H,13-20H2,1-8H3,(H,38,45)(H,39,43)/t22-,27+,28-,32+/m0/s1. The number of carbonyl (C=O) groups excluding carboxylic acids is 4. The lowest BCUT2D eigenvalue weighted by Crippen LogP contribution is -2.59. The number of ether oxygens (including phenoxy) is 1. The van der Waals surface area contributed by atoms with E-state index in [2.05, 4.69) is 15.6 Å². The van der Waals surface area contributed by atoms with Gasteiger partial charge in [-0.05, 0) is 83.0 Å². The molecule has 2 aliphatic heterocycles. The van der Waals surface area contributed by atoms with Gasteiger partial charge in [0.1, 0.15) is 17.7 Å². The lowest BCUT2D eigenvalue weighted by Gasteiger charge is -2.36. The number of carbonyl (C=O) groups is 4. The van der Waals surface area contributed by atoms with Gasteiger partial charge in [-0.1, -0.05) is 45.0 Å². The van der Waals surface area contributed by atoms with Crippen LogP contribution in [-0.2, 0) is 23.9 Å². The number of likely N-dealkylation sites (tertiary alicyclic amines) is 2. The van der Waals surface area contributed by atoms with Gasteiger partial charge in [0.2, 0.25) is 17.7 Å². The van der Waals surface area contributed by atoms with E-state index in [1.165, 1.54) is 4.90 Å². The Bertz CT molecular complexity index is 1440. The molecular formula is C36H53N5O6S. The number of hydrogen-bond donors (Lipinski definition) is 3. The monoisotopic (exact) mass is 683 g/mol. The maximum atomic E-state index is 14.0. The minimum absolute atomic E-state index is 0.0157. The Morgan fingerprint density at radius 2 is 1.69 bits per heavy atom. The van der Waals surface area contributed by atoms with Crippen LogP contribution in [0.25, 0.3) is 10.4 Å². The SMILES string of the molecule is Cc1ncsc1-c1ccc([C@H](C)NC(=O)[C@@H]2C[C@@H](O)CN2C(=O)[C@@H](NC(=O)CN2CCC(CC(=O)OC(C)(C)C)CC2)C(C)(C)C)cc1. The second-order valence-electron chi connectivity index (χ2n) is 15.4. The van der Waals surface area contributed by atoms with Crippen LogP contribution in [0, 0.1) is 18.3 Å². The highest BCUT2D eigenvalue weighted by molar-refractivity contribution is 7.13. The lowest BCUT2D eigenvalue weighted by atomic mass is 9.85. The summed E-state index contributed by atoms with van der Waals surface area (Å²) in [5.41, 5.74) is 3.61. The first-order chi connectivity index (χ1) is 22.4. The van der Waals surface area contributed by atoms with Crippen LogP contribution in [0.1, 0.15) is 91.4 Å². The molecule has 0 saturated carbocycles. The van der Waals surface area contributed by atoms with E-state index in [4.69, 9.17) is 4.74 Å². The van der Waals surface area contributed by atoms with Crippen LogP contribution in [0.3, 0.4) is 0 Å². The average Bonchev–Trinajstić information content (AvgIpc) is 3.60. The van der Waals surface area contributed by atoms with Gasteiger partial charge in [0.05, 0.1) is 34.8 Å².